The van der Waals surface area contributed by atoms with E-state index in [4.69, 9.17) is 9.47 Å². The number of imidazole rings is 1. The van der Waals surface area contributed by atoms with E-state index < -0.39 is 0 Å². The monoisotopic (exact) mass is 379 g/mol. The summed E-state index contributed by atoms with van der Waals surface area (Å²) in [5.41, 5.74) is 2.36. The number of pyridine rings is 1. The molecule has 6 nitrogen and oxygen atoms in total. The molecule has 1 amide bonds. The number of piperidine rings is 1. The van der Waals surface area contributed by atoms with Gasteiger partial charge in [-0.2, -0.15) is 0 Å². The molecule has 3 heterocycles. The number of hydrogen-bond donors (Lipinski definition) is 0. The molecule has 1 saturated heterocycles. The van der Waals surface area contributed by atoms with Gasteiger partial charge in [0, 0.05) is 37.8 Å². The number of amides is 1. The van der Waals surface area contributed by atoms with E-state index in [1.54, 1.807) is 0 Å². The summed E-state index contributed by atoms with van der Waals surface area (Å²) in [7, 11) is 0. The first-order valence-corrected chi connectivity index (χ1v) is 9.78. The summed E-state index contributed by atoms with van der Waals surface area (Å²) in [5.74, 6) is 1.52. The van der Waals surface area contributed by atoms with Crippen LogP contribution >= 0.6 is 0 Å². The molecule has 0 radical (unpaired) electrons. The molecule has 0 aliphatic carbocycles. The van der Waals surface area contributed by atoms with Crippen molar-refractivity contribution in [3.05, 3.63) is 60.0 Å². The Morgan fingerprint density at radius 3 is 2.57 bits per heavy atom. The Bertz CT molecular complexity index is 974. The molecule has 28 heavy (non-hydrogen) atoms. The summed E-state index contributed by atoms with van der Waals surface area (Å²) < 4.78 is 13.7. The number of para-hydroxylation sites is 2. The number of carbonyl (C=O) groups excluding carboxylic acids is 1. The van der Waals surface area contributed by atoms with Crippen molar-refractivity contribution in [2.75, 3.05) is 19.7 Å². The van der Waals surface area contributed by atoms with Crippen LogP contribution in [0.2, 0.25) is 0 Å². The smallest absolute Gasteiger partial charge is 0.274 e. The van der Waals surface area contributed by atoms with Gasteiger partial charge in [-0.05, 0) is 38.1 Å². The van der Waals surface area contributed by atoms with Crippen LogP contribution in [0, 0.1) is 6.92 Å². The molecule has 6 heteroatoms. The van der Waals surface area contributed by atoms with Gasteiger partial charge in [0.25, 0.3) is 5.91 Å². The van der Waals surface area contributed by atoms with Crippen LogP contribution in [-0.4, -0.2) is 46.0 Å². The second kappa shape index (κ2) is 7.92. The van der Waals surface area contributed by atoms with Crippen LogP contribution in [0.1, 0.15) is 35.9 Å². The lowest BCUT2D eigenvalue weighted by Gasteiger charge is -2.32. The standard InChI is InChI=1S/C22H25N3O3/c1-3-27-19-8-4-5-9-20(19)28-17-11-13-24(14-12-17)22(26)18-15-25-16(2)7-6-10-21(25)23-18/h4-10,15,17H,3,11-14H2,1-2H3. The van der Waals surface area contributed by atoms with Crippen molar-refractivity contribution in [1.82, 2.24) is 14.3 Å². The summed E-state index contributed by atoms with van der Waals surface area (Å²) in [6, 6.07) is 13.6. The lowest BCUT2D eigenvalue weighted by molar-refractivity contribution is 0.0584. The van der Waals surface area contributed by atoms with Gasteiger partial charge in [0.05, 0.1) is 6.61 Å². The molecule has 1 fully saturated rings. The molecule has 1 aromatic carbocycles. The fourth-order valence-corrected chi connectivity index (χ4v) is 3.59. The predicted octanol–water partition coefficient (Wildman–Crippen LogP) is 3.73. The molecule has 4 rings (SSSR count). The van der Waals surface area contributed by atoms with Gasteiger partial charge in [-0.25, -0.2) is 4.98 Å². The molecule has 0 atom stereocenters. The summed E-state index contributed by atoms with van der Waals surface area (Å²) in [6.45, 7) is 5.89. The van der Waals surface area contributed by atoms with Crippen molar-refractivity contribution in [2.45, 2.75) is 32.8 Å². The van der Waals surface area contributed by atoms with Crippen molar-refractivity contribution in [2.24, 2.45) is 0 Å². The first-order valence-electron chi connectivity index (χ1n) is 9.78. The van der Waals surface area contributed by atoms with Gasteiger partial charge in [0.1, 0.15) is 17.4 Å². The zero-order valence-corrected chi connectivity index (χ0v) is 16.3. The Kier molecular flexibility index (Phi) is 5.19. The Morgan fingerprint density at radius 1 is 1.11 bits per heavy atom. The fraction of sp³-hybridized carbons (Fsp3) is 0.364. The summed E-state index contributed by atoms with van der Waals surface area (Å²) in [5, 5.41) is 0. The van der Waals surface area contributed by atoms with E-state index in [2.05, 4.69) is 4.98 Å². The Balaban J connectivity index is 1.39. The highest BCUT2D eigenvalue weighted by atomic mass is 16.5. The van der Waals surface area contributed by atoms with Crippen molar-refractivity contribution in [1.29, 1.82) is 0 Å². The molecule has 0 N–H and O–H groups in total. The fourth-order valence-electron chi connectivity index (χ4n) is 3.59. The molecule has 0 saturated carbocycles. The number of fused-ring (bicyclic) bond motifs is 1. The summed E-state index contributed by atoms with van der Waals surface area (Å²) in [6.07, 6.45) is 3.49. The Morgan fingerprint density at radius 2 is 1.86 bits per heavy atom. The number of hydrogen-bond acceptors (Lipinski definition) is 4. The molecule has 0 unspecified atom stereocenters. The zero-order valence-electron chi connectivity index (χ0n) is 16.3. The SMILES string of the molecule is CCOc1ccccc1OC1CCN(C(=O)c2cn3c(C)cccc3n2)CC1. The highest BCUT2D eigenvalue weighted by molar-refractivity contribution is 5.93. The summed E-state index contributed by atoms with van der Waals surface area (Å²) in [4.78, 5) is 19.2. The molecule has 146 valence electrons. The second-order valence-corrected chi connectivity index (χ2v) is 7.01. The van der Waals surface area contributed by atoms with Gasteiger partial charge in [-0.3, -0.25) is 4.79 Å². The van der Waals surface area contributed by atoms with E-state index in [0.29, 0.717) is 25.4 Å². The maximum Gasteiger partial charge on any atom is 0.274 e. The first kappa shape index (κ1) is 18.3. The third-order valence-electron chi connectivity index (χ3n) is 5.09. The molecular weight excluding hydrogens is 354 g/mol. The topological polar surface area (TPSA) is 56.1 Å². The maximum absolute atomic E-state index is 12.9. The number of carbonyl (C=O) groups is 1. The van der Waals surface area contributed by atoms with Crippen molar-refractivity contribution in [3.63, 3.8) is 0 Å². The number of aryl methyl sites for hydroxylation is 1. The number of nitrogens with zero attached hydrogens (tertiary/aromatic N) is 3. The quantitative estimate of drug-likeness (QED) is 0.678. The van der Waals surface area contributed by atoms with E-state index in [-0.39, 0.29) is 12.0 Å². The zero-order chi connectivity index (χ0) is 19.5. The minimum atomic E-state index is -0.0173. The van der Waals surface area contributed by atoms with Crippen LogP contribution < -0.4 is 9.47 Å². The molecule has 2 aromatic heterocycles. The normalized spacial score (nSPS) is 15.0. The molecular formula is C22H25N3O3. The number of ether oxygens (including phenoxy) is 2. The van der Waals surface area contributed by atoms with Crippen LogP contribution in [-0.2, 0) is 0 Å². The third kappa shape index (κ3) is 3.67. The van der Waals surface area contributed by atoms with E-state index in [0.717, 1.165) is 35.7 Å². The Hall–Kier alpha value is -3.02. The predicted molar refractivity (Wildman–Crippen MR) is 107 cm³/mol. The maximum atomic E-state index is 12.9. The number of aromatic nitrogens is 2. The van der Waals surface area contributed by atoms with E-state index >= 15 is 0 Å². The molecule has 0 bridgehead atoms. The summed E-state index contributed by atoms with van der Waals surface area (Å²) >= 11 is 0. The van der Waals surface area contributed by atoms with Crippen LogP contribution in [0.4, 0.5) is 0 Å². The van der Waals surface area contributed by atoms with Crippen LogP contribution in [0.25, 0.3) is 5.65 Å². The Labute approximate surface area is 164 Å². The lowest BCUT2D eigenvalue weighted by atomic mass is 10.1. The van der Waals surface area contributed by atoms with E-state index in [1.165, 1.54) is 0 Å². The van der Waals surface area contributed by atoms with Gasteiger partial charge in [-0.15, -0.1) is 0 Å². The van der Waals surface area contributed by atoms with Gasteiger partial charge >= 0.3 is 0 Å². The lowest BCUT2D eigenvalue weighted by Crippen LogP contribution is -2.42. The minimum Gasteiger partial charge on any atom is -0.490 e. The van der Waals surface area contributed by atoms with Gasteiger partial charge in [0.15, 0.2) is 11.5 Å². The van der Waals surface area contributed by atoms with Gasteiger partial charge < -0.3 is 18.8 Å². The molecule has 1 aliphatic rings. The molecule has 0 spiro atoms. The first-order chi connectivity index (χ1) is 13.7. The largest absolute Gasteiger partial charge is 0.490 e. The van der Waals surface area contributed by atoms with E-state index in [1.807, 2.05) is 71.8 Å². The van der Waals surface area contributed by atoms with Crippen LogP contribution in [0.5, 0.6) is 11.5 Å². The number of likely N-dealkylation sites (tertiary alicyclic amines) is 1. The number of rotatable bonds is 5. The number of benzene rings is 1. The van der Waals surface area contributed by atoms with Crippen LogP contribution in [0.3, 0.4) is 0 Å². The second-order valence-electron chi connectivity index (χ2n) is 7.01. The van der Waals surface area contributed by atoms with Crippen molar-refractivity contribution < 1.29 is 14.3 Å². The minimum absolute atomic E-state index is 0.0173. The average Bonchev–Trinajstić information content (AvgIpc) is 3.15. The third-order valence-corrected chi connectivity index (χ3v) is 5.09. The average molecular weight is 379 g/mol. The van der Waals surface area contributed by atoms with E-state index in [9.17, 15) is 4.79 Å². The molecule has 3 aromatic rings. The highest BCUT2D eigenvalue weighted by Gasteiger charge is 2.26. The molecule has 1 aliphatic heterocycles. The van der Waals surface area contributed by atoms with Crippen molar-refractivity contribution in [3.8, 4) is 11.5 Å². The highest BCUT2D eigenvalue weighted by Crippen LogP contribution is 2.29. The van der Waals surface area contributed by atoms with Crippen LogP contribution in [0.15, 0.2) is 48.7 Å². The van der Waals surface area contributed by atoms with Gasteiger partial charge in [0.2, 0.25) is 0 Å². The van der Waals surface area contributed by atoms with Gasteiger partial charge in [-0.1, -0.05) is 18.2 Å². The van der Waals surface area contributed by atoms with Crippen molar-refractivity contribution >= 4 is 11.6 Å².